The molecule has 2 amide bonds. The minimum atomic E-state index is -0.423. The fourth-order valence-electron chi connectivity index (χ4n) is 2.72. The van der Waals surface area contributed by atoms with Gasteiger partial charge in [0.2, 0.25) is 5.91 Å². The second-order valence-corrected chi connectivity index (χ2v) is 6.02. The van der Waals surface area contributed by atoms with Gasteiger partial charge in [0.15, 0.2) is 0 Å². The van der Waals surface area contributed by atoms with Gasteiger partial charge in [-0.25, -0.2) is 9.07 Å². The van der Waals surface area contributed by atoms with Gasteiger partial charge >= 0.3 is 0 Å². The Balaban J connectivity index is 1.73. The summed E-state index contributed by atoms with van der Waals surface area (Å²) in [6.07, 6.45) is 4.52. The summed E-state index contributed by atoms with van der Waals surface area (Å²) in [5.74, 6) is -1.02. The van der Waals surface area contributed by atoms with E-state index in [1.54, 1.807) is 66.6 Å². The molecule has 0 aliphatic carbocycles. The standard InChI is InChI=1S/C21H19FN4O2/c1-3-20(27)25(2)16-10-8-15(9-11-16)21(28)23-14-17-18(22)6-4-7-19(17)26-13-5-12-24-26/h3-13H,1,14H2,2H3,(H,23,28). The lowest BCUT2D eigenvalue weighted by Crippen LogP contribution is -2.25. The molecule has 6 nitrogen and oxygen atoms in total. The highest BCUT2D eigenvalue weighted by Gasteiger charge is 2.13. The van der Waals surface area contributed by atoms with Crippen molar-refractivity contribution in [3.63, 3.8) is 0 Å². The van der Waals surface area contributed by atoms with Crippen LogP contribution in [0.2, 0.25) is 0 Å². The van der Waals surface area contributed by atoms with Crippen molar-refractivity contribution in [1.29, 1.82) is 0 Å². The summed E-state index contributed by atoms with van der Waals surface area (Å²) in [5, 5.41) is 6.84. The molecule has 1 heterocycles. The predicted octanol–water partition coefficient (Wildman–Crippen LogP) is 3.09. The summed E-state index contributed by atoms with van der Waals surface area (Å²) in [4.78, 5) is 25.5. The third-order valence-corrected chi connectivity index (χ3v) is 4.29. The van der Waals surface area contributed by atoms with Crippen LogP contribution in [0.15, 0.2) is 73.6 Å². The van der Waals surface area contributed by atoms with E-state index >= 15 is 0 Å². The summed E-state index contributed by atoms with van der Waals surface area (Å²) in [6.45, 7) is 3.46. The third-order valence-electron chi connectivity index (χ3n) is 4.29. The first kappa shape index (κ1) is 19.0. The van der Waals surface area contributed by atoms with Crippen molar-refractivity contribution in [2.45, 2.75) is 6.54 Å². The number of likely N-dealkylation sites (N-methyl/N-ethyl adjacent to an activating group) is 1. The molecule has 2 aromatic carbocycles. The molecule has 1 N–H and O–H groups in total. The van der Waals surface area contributed by atoms with E-state index in [1.165, 1.54) is 17.0 Å². The third kappa shape index (κ3) is 3.98. The molecule has 0 saturated carbocycles. The first-order valence-electron chi connectivity index (χ1n) is 8.57. The maximum absolute atomic E-state index is 14.3. The van der Waals surface area contributed by atoms with Crippen molar-refractivity contribution in [1.82, 2.24) is 15.1 Å². The first-order chi connectivity index (χ1) is 13.5. The quantitative estimate of drug-likeness (QED) is 0.671. The zero-order valence-corrected chi connectivity index (χ0v) is 15.3. The number of anilines is 1. The minimum absolute atomic E-state index is 0.0112. The summed E-state index contributed by atoms with van der Waals surface area (Å²) in [5.41, 5.74) is 1.94. The summed E-state index contributed by atoms with van der Waals surface area (Å²) in [6, 6.07) is 12.9. The monoisotopic (exact) mass is 378 g/mol. The van der Waals surface area contributed by atoms with Gasteiger partial charge in [0, 0.05) is 42.8 Å². The zero-order valence-electron chi connectivity index (χ0n) is 15.3. The molecular formula is C21H19FN4O2. The number of nitrogens with one attached hydrogen (secondary N) is 1. The van der Waals surface area contributed by atoms with Crippen LogP contribution < -0.4 is 10.2 Å². The van der Waals surface area contributed by atoms with E-state index in [-0.39, 0.29) is 18.4 Å². The van der Waals surface area contributed by atoms with Gasteiger partial charge in [-0.2, -0.15) is 5.10 Å². The Kier molecular flexibility index (Phi) is 5.64. The zero-order chi connectivity index (χ0) is 20.1. The molecule has 0 radical (unpaired) electrons. The van der Waals surface area contributed by atoms with E-state index < -0.39 is 5.82 Å². The van der Waals surface area contributed by atoms with E-state index in [0.29, 0.717) is 22.5 Å². The molecule has 0 unspecified atom stereocenters. The second kappa shape index (κ2) is 8.30. The van der Waals surface area contributed by atoms with Gasteiger partial charge in [-0.3, -0.25) is 9.59 Å². The van der Waals surface area contributed by atoms with Crippen LogP contribution in [0.25, 0.3) is 5.69 Å². The van der Waals surface area contributed by atoms with Crippen LogP contribution in [0.5, 0.6) is 0 Å². The van der Waals surface area contributed by atoms with Crippen LogP contribution in [-0.4, -0.2) is 28.6 Å². The Morgan fingerprint density at radius 3 is 2.61 bits per heavy atom. The Labute approximate surface area is 161 Å². The average molecular weight is 378 g/mol. The summed E-state index contributed by atoms with van der Waals surface area (Å²) in [7, 11) is 1.62. The molecule has 0 spiro atoms. The molecule has 142 valence electrons. The maximum Gasteiger partial charge on any atom is 0.251 e. The van der Waals surface area contributed by atoms with E-state index in [2.05, 4.69) is 17.0 Å². The molecule has 0 fully saturated rings. The van der Waals surface area contributed by atoms with Crippen molar-refractivity contribution in [2.75, 3.05) is 11.9 Å². The molecule has 0 aliphatic heterocycles. The molecule has 1 aromatic heterocycles. The van der Waals surface area contributed by atoms with Crippen molar-refractivity contribution in [3.8, 4) is 5.69 Å². The number of hydrogen-bond acceptors (Lipinski definition) is 3. The van der Waals surface area contributed by atoms with E-state index in [9.17, 15) is 14.0 Å². The van der Waals surface area contributed by atoms with Gasteiger partial charge in [0.05, 0.1) is 5.69 Å². The lowest BCUT2D eigenvalue weighted by atomic mass is 10.1. The molecule has 0 atom stereocenters. The molecule has 3 rings (SSSR count). The maximum atomic E-state index is 14.3. The van der Waals surface area contributed by atoms with Crippen LogP contribution in [0.4, 0.5) is 10.1 Å². The van der Waals surface area contributed by atoms with Crippen LogP contribution in [0.1, 0.15) is 15.9 Å². The smallest absolute Gasteiger partial charge is 0.251 e. The van der Waals surface area contributed by atoms with Crippen LogP contribution in [0.3, 0.4) is 0 Å². The van der Waals surface area contributed by atoms with Crippen LogP contribution in [0, 0.1) is 5.82 Å². The molecule has 7 heteroatoms. The van der Waals surface area contributed by atoms with Gasteiger partial charge in [0.25, 0.3) is 5.91 Å². The number of aromatic nitrogens is 2. The number of rotatable bonds is 6. The van der Waals surface area contributed by atoms with E-state index in [4.69, 9.17) is 0 Å². The fraction of sp³-hybridized carbons (Fsp3) is 0.0952. The molecule has 0 saturated heterocycles. The Morgan fingerprint density at radius 2 is 1.96 bits per heavy atom. The van der Waals surface area contributed by atoms with E-state index in [0.717, 1.165) is 0 Å². The molecular weight excluding hydrogens is 359 g/mol. The number of halogens is 1. The van der Waals surface area contributed by atoms with Crippen molar-refractivity contribution in [2.24, 2.45) is 0 Å². The highest BCUT2D eigenvalue weighted by molar-refractivity contribution is 6.01. The van der Waals surface area contributed by atoms with Crippen LogP contribution in [-0.2, 0) is 11.3 Å². The molecule has 0 aliphatic rings. The predicted molar refractivity (Wildman–Crippen MR) is 105 cm³/mol. The number of hydrogen-bond donors (Lipinski definition) is 1. The number of nitrogens with zero attached hydrogens (tertiary/aromatic N) is 3. The van der Waals surface area contributed by atoms with Gasteiger partial charge in [0.1, 0.15) is 5.82 Å². The van der Waals surface area contributed by atoms with Gasteiger partial charge in [-0.05, 0) is 48.5 Å². The largest absolute Gasteiger partial charge is 0.348 e. The Bertz CT molecular complexity index is 998. The topological polar surface area (TPSA) is 67.2 Å². The number of benzene rings is 2. The number of carbonyl (C=O) groups excluding carboxylic acids is 2. The lowest BCUT2D eigenvalue weighted by Gasteiger charge is -2.15. The van der Waals surface area contributed by atoms with Gasteiger partial charge < -0.3 is 10.2 Å². The van der Waals surface area contributed by atoms with Crippen molar-refractivity contribution in [3.05, 3.63) is 90.5 Å². The van der Waals surface area contributed by atoms with Crippen LogP contribution >= 0.6 is 0 Å². The van der Waals surface area contributed by atoms with E-state index in [1.807, 2.05) is 0 Å². The highest BCUT2D eigenvalue weighted by Crippen LogP contribution is 2.18. The lowest BCUT2D eigenvalue weighted by molar-refractivity contribution is -0.113. The van der Waals surface area contributed by atoms with Gasteiger partial charge in [-0.15, -0.1) is 0 Å². The second-order valence-electron chi connectivity index (χ2n) is 6.02. The number of amides is 2. The summed E-state index contributed by atoms with van der Waals surface area (Å²) < 4.78 is 15.9. The Morgan fingerprint density at radius 1 is 1.21 bits per heavy atom. The normalized spacial score (nSPS) is 10.4. The SMILES string of the molecule is C=CC(=O)N(C)c1ccc(C(=O)NCc2c(F)cccc2-n2cccn2)cc1. The molecule has 28 heavy (non-hydrogen) atoms. The molecule has 3 aromatic rings. The fourth-order valence-corrected chi connectivity index (χ4v) is 2.72. The summed E-state index contributed by atoms with van der Waals surface area (Å²) >= 11 is 0. The first-order valence-corrected chi connectivity index (χ1v) is 8.57. The highest BCUT2D eigenvalue weighted by atomic mass is 19.1. The van der Waals surface area contributed by atoms with Crippen molar-refractivity contribution >= 4 is 17.5 Å². The van der Waals surface area contributed by atoms with Crippen molar-refractivity contribution < 1.29 is 14.0 Å². The van der Waals surface area contributed by atoms with Gasteiger partial charge in [-0.1, -0.05) is 12.6 Å². The molecule has 0 bridgehead atoms. The number of carbonyl (C=O) groups is 2. The minimum Gasteiger partial charge on any atom is -0.348 e. The Hall–Kier alpha value is -3.74. The average Bonchev–Trinajstić information content (AvgIpc) is 3.26.